The smallest absolute Gasteiger partial charge is 0.133 e. The van der Waals surface area contributed by atoms with Crippen molar-refractivity contribution in [3.63, 3.8) is 0 Å². The Bertz CT molecular complexity index is 297. The lowest BCUT2D eigenvalue weighted by Crippen LogP contribution is -2.31. The highest BCUT2D eigenvalue weighted by Gasteiger charge is 2.35. The molecule has 1 heterocycles. The topological polar surface area (TPSA) is 50.2 Å². The zero-order valence-corrected chi connectivity index (χ0v) is 8.01. The van der Waals surface area contributed by atoms with Gasteiger partial charge in [-0.05, 0) is 30.4 Å². The summed E-state index contributed by atoms with van der Waals surface area (Å²) in [6.07, 6.45) is 2.01. The number of hydrogen-bond acceptors (Lipinski definition) is 4. The molecule has 0 spiro atoms. The lowest BCUT2D eigenvalue weighted by atomic mass is 9.82. The van der Waals surface area contributed by atoms with E-state index in [1.54, 1.807) is 0 Å². The maximum atomic E-state index is 11.0. The highest BCUT2D eigenvalue weighted by Crippen LogP contribution is 2.34. The predicted octanol–water partition coefficient (Wildman–Crippen LogP) is 1.47. The van der Waals surface area contributed by atoms with Gasteiger partial charge in [-0.1, -0.05) is 0 Å². The standard InChI is InChI=1S/C9H11NO2S/c11-7-1-4-9(12,5-2-7)8-3-6-13-10-8/h3,6,12H,1-2,4-5H2. The van der Waals surface area contributed by atoms with Crippen LogP contribution >= 0.6 is 11.5 Å². The number of carbonyl (C=O) groups is 1. The predicted molar refractivity (Wildman–Crippen MR) is 49.5 cm³/mol. The molecular weight excluding hydrogens is 186 g/mol. The van der Waals surface area contributed by atoms with E-state index < -0.39 is 5.60 Å². The molecule has 0 radical (unpaired) electrons. The minimum absolute atomic E-state index is 0.250. The Balaban J connectivity index is 2.18. The summed E-state index contributed by atoms with van der Waals surface area (Å²) in [7, 11) is 0. The Morgan fingerprint density at radius 1 is 1.46 bits per heavy atom. The Labute approximate surface area is 80.6 Å². The quantitative estimate of drug-likeness (QED) is 0.741. The van der Waals surface area contributed by atoms with Crippen LogP contribution in [0.15, 0.2) is 11.4 Å². The minimum Gasteiger partial charge on any atom is -0.383 e. The molecule has 1 aromatic heterocycles. The zero-order valence-electron chi connectivity index (χ0n) is 7.19. The fourth-order valence-electron chi connectivity index (χ4n) is 1.65. The lowest BCUT2D eigenvalue weighted by molar-refractivity contribution is -0.125. The van der Waals surface area contributed by atoms with Crippen LogP contribution in [0.25, 0.3) is 0 Å². The zero-order chi connectivity index (χ0) is 9.31. The van der Waals surface area contributed by atoms with Gasteiger partial charge in [-0.3, -0.25) is 4.79 Å². The van der Waals surface area contributed by atoms with Crippen molar-refractivity contribution in [1.82, 2.24) is 4.37 Å². The molecule has 0 amide bonds. The fraction of sp³-hybridized carbons (Fsp3) is 0.556. The van der Waals surface area contributed by atoms with Gasteiger partial charge in [0.25, 0.3) is 0 Å². The monoisotopic (exact) mass is 197 g/mol. The summed E-state index contributed by atoms with van der Waals surface area (Å²) >= 11 is 1.34. The van der Waals surface area contributed by atoms with Gasteiger partial charge in [0.05, 0.1) is 5.69 Å². The normalized spacial score (nSPS) is 21.8. The maximum Gasteiger partial charge on any atom is 0.133 e. The average Bonchev–Trinajstić information content (AvgIpc) is 2.63. The largest absolute Gasteiger partial charge is 0.383 e. The maximum absolute atomic E-state index is 11.0. The number of rotatable bonds is 1. The number of Topliss-reactive ketones (excluding diaryl/α,β-unsaturated/α-hetero) is 1. The molecule has 2 rings (SSSR count). The second kappa shape index (κ2) is 3.20. The summed E-state index contributed by atoms with van der Waals surface area (Å²) < 4.78 is 4.12. The molecule has 0 unspecified atom stereocenters. The Kier molecular flexibility index (Phi) is 2.17. The van der Waals surface area contributed by atoms with Crippen LogP contribution in [-0.4, -0.2) is 15.3 Å². The van der Waals surface area contributed by atoms with Gasteiger partial charge in [0.2, 0.25) is 0 Å². The van der Waals surface area contributed by atoms with Gasteiger partial charge >= 0.3 is 0 Å². The summed E-state index contributed by atoms with van der Waals surface area (Å²) in [6.45, 7) is 0. The van der Waals surface area contributed by atoms with Crippen LogP contribution in [0.2, 0.25) is 0 Å². The van der Waals surface area contributed by atoms with Crippen LogP contribution in [-0.2, 0) is 10.4 Å². The van der Waals surface area contributed by atoms with Gasteiger partial charge in [-0.15, -0.1) is 0 Å². The highest BCUT2D eigenvalue weighted by molar-refractivity contribution is 7.03. The van der Waals surface area contributed by atoms with E-state index >= 15 is 0 Å². The van der Waals surface area contributed by atoms with E-state index in [4.69, 9.17) is 0 Å². The van der Waals surface area contributed by atoms with Crippen LogP contribution in [0, 0.1) is 0 Å². The number of aliphatic hydroxyl groups is 1. The van der Waals surface area contributed by atoms with Gasteiger partial charge in [0, 0.05) is 18.2 Å². The molecule has 1 aliphatic rings. The molecule has 3 nitrogen and oxygen atoms in total. The fourth-order valence-corrected chi connectivity index (χ4v) is 2.25. The van der Waals surface area contributed by atoms with Crippen molar-refractivity contribution in [3.05, 3.63) is 17.1 Å². The third-order valence-corrected chi connectivity index (χ3v) is 3.11. The first kappa shape index (κ1) is 8.84. The van der Waals surface area contributed by atoms with E-state index in [2.05, 4.69) is 4.37 Å². The van der Waals surface area contributed by atoms with Crippen molar-refractivity contribution in [2.75, 3.05) is 0 Å². The first-order chi connectivity index (χ1) is 6.21. The number of ketones is 1. The van der Waals surface area contributed by atoms with Crippen molar-refractivity contribution in [2.24, 2.45) is 0 Å². The van der Waals surface area contributed by atoms with Gasteiger partial charge in [0.1, 0.15) is 11.4 Å². The van der Waals surface area contributed by atoms with Crippen LogP contribution < -0.4 is 0 Å². The van der Waals surface area contributed by atoms with E-state index in [1.165, 1.54) is 11.5 Å². The second-order valence-electron chi connectivity index (χ2n) is 3.45. The molecular formula is C9H11NO2S. The molecule has 13 heavy (non-hydrogen) atoms. The average molecular weight is 197 g/mol. The molecule has 1 aliphatic carbocycles. The summed E-state index contributed by atoms with van der Waals surface area (Å²) in [5.41, 5.74) is -0.113. The highest BCUT2D eigenvalue weighted by atomic mass is 32.1. The Hall–Kier alpha value is -0.740. The van der Waals surface area contributed by atoms with Crippen molar-refractivity contribution < 1.29 is 9.90 Å². The van der Waals surface area contributed by atoms with Crippen molar-refractivity contribution >= 4 is 17.3 Å². The number of hydrogen-bond donors (Lipinski definition) is 1. The van der Waals surface area contributed by atoms with E-state index in [0.29, 0.717) is 25.7 Å². The van der Waals surface area contributed by atoms with Crippen LogP contribution in [0.4, 0.5) is 0 Å². The number of nitrogens with zero attached hydrogens (tertiary/aromatic N) is 1. The summed E-state index contributed by atoms with van der Waals surface area (Å²) in [4.78, 5) is 11.0. The first-order valence-electron chi connectivity index (χ1n) is 4.36. The van der Waals surface area contributed by atoms with Crippen molar-refractivity contribution in [1.29, 1.82) is 0 Å². The van der Waals surface area contributed by atoms with E-state index in [1.807, 2.05) is 11.4 Å². The van der Waals surface area contributed by atoms with Gasteiger partial charge in [-0.25, -0.2) is 0 Å². The van der Waals surface area contributed by atoms with Crippen LogP contribution in [0.3, 0.4) is 0 Å². The molecule has 4 heteroatoms. The number of aromatic nitrogens is 1. The SMILES string of the molecule is O=C1CCC(O)(c2ccsn2)CC1. The third kappa shape index (κ3) is 1.64. The van der Waals surface area contributed by atoms with Crippen LogP contribution in [0.1, 0.15) is 31.4 Å². The molecule has 1 N–H and O–H groups in total. The molecule has 0 aliphatic heterocycles. The van der Waals surface area contributed by atoms with Crippen molar-refractivity contribution in [3.8, 4) is 0 Å². The molecule has 0 aromatic carbocycles. The van der Waals surface area contributed by atoms with E-state index in [-0.39, 0.29) is 5.78 Å². The molecule has 70 valence electrons. The minimum atomic E-state index is -0.839. The van der Waals surface area contributed by atoms with Gasteiger partial charge in [0.15, 0.2) is 0 Å². The van der Waals surface area contributed by atoms with E-state index in [9.17, 15) is 9.90 Å². The number of carbonyl (C=O) groups excluding carboxylic acids is 1. The molecule has 0 saturated heterocycles. The lowest BCUT2D eigenvalue weighted by Gasteiger charge is -2.29. The summed E-state index contributed by atoms with van der Waals surface area (Å²) in [5.74, 6) is 0.250. The summed E-state index contributed by atoms with van der Waals surface area (Å²) in [6, 6.07) is 1.83. The van der Waals surface area contributed by atoms with E-state index in [0.717, 1.165) is 5.69 Å². The third-order valence-electron chi connectivity index (χ3n) is 2.55. The Morgan fingerprint density at radius 3 is 2.69 bits per heavy atom. The summed E-state index contributed by atoms with van der Waals surface area (Å²) in [5, 5.41) is 12.0. The molecule has 1 saturated carbocycles. The van der Waals surface area contributed by atoms with Crippen molar-refractivity contribution in [2.45, 2.75) is 31.3 Å². The molecule has 1 aromatic rings. The van der Waals surface area contributed by atoms with Gasteiger partial charge in [-0.2, -0.15) is 4.37 Å². The molecule has 0 bridgehead atoms. The second-order valence-corrected chi connectivity index (χ2v) is 4.12. The first-order valence-corrected chi connectivity index (χ1v) is 5.19. The molecule has 0 atom stereocenters. The molecule has 1 fully saturated rings. The van der Waals surface area contributed by atoms with Gasteiger partial charge < -0.3 is 5.11 Å². The Morgan fingerprint density at radius 2 is 2.15 bits per heavy atom. The van der Waals surface area contributed by atoms with Crippen LogP contribution in [0.5, 0.6) is 0 Å².